The topological polar surface area (TPSA) is 78.2 Å². The fraction of sp³-hybridized carbons (Fsp3) is 0.375. The summed E-state index contributed by atoms with van der Waals surface area (Å²) in [6, 6.07) is 4.84. The second-order valence-electron chi connectivity index (χ2n) is 2.73. The second-order valence-corrected chi connectivity index (χ2v) is 5.94. The third-order valence-electron chi connectivity index (χ3n) is 1.54. The van der Waals surface area contributed by atoms with Gasteiger partial charge in [-0.05, 0) is 11.4 Å². The third kappa shape index (κ3) is 2.80. The highest BCUT2D eigenvalue weighted by Gasteiger charge is 2.20. The Balaban J connectivity index is 2.74. The minimum absolute atomic E-state index is 0.162. The van der Waals surface area contributed by atoms with Gasteiger partial charge < -0.3 is 5.11 Å². The molecule has 0 aromatic carbocycles. The van der Waals surface area contributed by atoms with Gasteiger partial charge in [0, 0.05) is 0 Å². The zero-order valence-electron chi connectivity index (χ0n) is 7.25. The number of hydrogen-bond donors (Lipinski definition) is 1. The molecule has 1 aromatic rings. The van der Waals surface area contributed by atoms with E-state index in [1.807, 2.05) is 0 Å². The molecule has 0 saturated heterocycles. The number of nitriles is 1. The maximum Gasteiger partial charge on any atom is 0.190 e. The highest BCUT2D eigenvalue weighted by atomic mass is 32.2. The predicted molar refractivity (Wildman–Crippen MR) is 52.6 cm³/mol. The van der Waals surface area contributed by atoms with Gasteiger partial charge in [-0.2, -0.15) is 5.26 Å². The van der Waals surface area contributed by atoms with E-state index in [-0.39, 0.29) is 16.4 Å². The molecule has 0 spiro atoms. The van der Waals surface area contributed by atoms with Crippen molar-refractivity contribution in [3.05, 3.63) is 17.5 Å². The van der Waals surface area contributed by atoms with Gasteiger partial charge in [-0.15, -0.1) is 11.3 Å². The van der Waals surface area contributed by atoms with E-state index in [1.165, 1.54) is 6.07 Å². The lowest BCUT2D eigenvalue weighted by molar-refractivity contribution is 0.202. The number of nitrogens with zero attached hydrogens (tertiary/aromatic N) is 1. The molecule has 0 radical (unpaired) electrons. The van der Waals surface area contributed by atoms with Crippen LogP contribution in [-0.2, 0) is 9.84 Å². The van der Waals surface area contributed by atoms with E-state index in [0.717, 1.165) is 11.3 Å². The van der Waals surface area contributed by atoms with Crippen molar-refractivity contribution >= 4 is 21.2 Å². The standard InChI is InChI=1S/C8H9NO3S2/c9-4-3-7(10)6-14(11,12)8-2-1-5-13-8/h1-2,5,7,10H,3,6H2. The molecule has 0 aliphatic carbocycles. The molecule has 0 bridgehead atoms. The van der Waals surface area contributed by atoms with Gasteiger partial charge in [0.2, 0.25) is 0 Å². The van der Waals surface area contributed by atoms with Crippen LogP contribution in [0.1, 0.15) is 6.42 Å². The van der Waals surface area contributed by atoms with E-state index in [0.29, 0.717) is 0 Å². The first-order valence-corrected chi connectivity index (χ1v) is 6.41. The maximum absolute atomic E-state index is 11.5. The van der Waals surface area contributed by atoms with Crippen LogP contribution in [0.4, 0.5) is 0 Å². The average Bonchev–Trinajstić information content (AvgIpc) is 2.54. The van der Waals surface area contributed by atoms with Gasteiger partial charge in [-0.25, -0.2) is 8.42 Å². The lowest BCUT2D eigenvalue weighted by Gasteiger charge is -2.05. The van der Waals surface area contributed by atoms with Crippen LogP contribution in [-0.4, -0.2) is 25.4 Å². The summed E-state index contributed by atoms with van der Waals surface area (Å²) in [5.41, 5.74) is 0. The molecular formula is C8H9NO3S2. The van der Waals surface area contributed by atoms with Gasteiger partial charge in [-0.3, -0.25) is 0 Å². The number of hydrogen-bond acceptors (Lipinski definition) is 5. The zero-order chi connectivity index (χ0) is 10.6. The molecule has 1 atom stereocenters. The van der Waals surface area contributed by atoms with Gasteiger partial charge in [0.15, 0.2) is 9.84 Å². The highest BCUT2D eigenvalue weighted by molar-refractivity contribution is 7.93. The molecule has 0 saturated carbocycles. The lowest BCUT2D eigenvalue weighted by atomic mass is 10.3. The van der Waals surface area contributed by atoms with Crippen LogP contribution in [0.25, 0.3) is 0 Å². The Hall–Kier alpha value is -0.900. The molecule has 0 amide bonds. The Morgan fingerprint density at radius 3 is 2.86 bits per heavy atom. The summed E-state index contributed by atoms with van der Waals surface area (Å²) in [7, 11) is -3.42. The summed E-state index contributed by atoms with van der Waals surface area (Å²) in [4.78, 5) is 0. The van der Waals surface area contributed by atoms with E-state index in [1.54, 1.807) is 17.5 Å². The van der Waals surface area contributed by atoms with Crippen LogP contribution in [0.3, 0.4) is 0 Å². The van der Waals surface area contributed by atoms with E-state index in [4.69, 9.17) is 5.26 Å². The fourth-order valence-corrected chi connectivity index (χ4v) is 3.42. The second kappa shape index (κ2) is 4.55. The molecule has 0 fully saturated rings. The minimum atomic E-state index is -3.42. The van der Waals surface area contributed by atoms with Crippen molar-refractivity contribution in [2.75, 3.05) is 5.75 Å². The van der Waals surface area contributed by atoms with E-state index < -0.39 is 15.9 Å². The molecule has 1 heterocycles. The molecule has 1 N–H and O–H groups in total. The Morgan fingerprint density at radius 2 is 2.36 bits per heavy atom. The maximum atomic E-state index is 11.5. The van der Waals surface area contributed by atoms with Crippen molar-refractivity contribution in [2.45, 2.75) is 16.7 Å². The first-order chi connectivity index (χ1) is 6.56. The molecule has 1 unspecified atom stereocenters. The molecule has 14 heavy (non-hydrogen) atoms. The quantitative estimate of drug-likeness (QED) is 0.831. The number of thiophene rings is 1. The summed E-state index contributed by atoms with van der Waals surface area (Å²) in [6.45, 7) is 0. The molecule has 1 rings (SSSR count). The molecule has 76 valence electrons. The number of aliphatic hydroxyl groups is 1. The van der Waals surface area contributed by atoms with Crippen molar-refractivity contribution in [2.24, 2.45) is 0 Å². The molecule has 4 nitrogen and oxygen atoms in total. The summed E-state index contributed by atoms with van der Waals surface area (Å²) in [5, 5.41) is 19.1. The largest absolute Gasteiger partial charge is 0.391 e. The van der Waals surface area contributed by atoms with Crippen molar-refractivity contribution < 1.29 is 13.5 Å². The average molecular weight is 231 g/mol. The molecule has 1 aromatic heterocycles. The van der Waals surface area contributed by atoms with Crippen molar-refractivity contribution in [1.82, 2.24) is 0 Å². The monoisotopic (exact) mass is 231 g/mol. The molecule has 0 aliphatic rings. The van der Waals surface area contributed by atoms with Crippen LogP contribution in [0.15, 0.2) is 21.7 Å². The SMILES string of the molecule is N#CCC(O)CS(=O)(=O)c1cccs1. The molecular weight excluding hydrogens is 222 g/mol. The van der Waals surface area contributed by atoms with E-state index in [2.05, 4.69) is 0 Å². The highest BCUT2D eigenvalue weighted by Crippen LogP contribution is 2.18. The van der Waals surface area contributed by atoms with Crippen molar-refractivity contribution in [3.63, 3.8) is 0 Å². The van der Waals surface area contributed by atoms with Gasteiger partial charge in [0.1, 0.15) is 4.21 Å². The minimum Gasteiger partial charge on any atom is -0.391 e. The summed E-state index contributed by atoms with van der Waals surface area (Å²) in [6.07, 6.45) is -1.27. The number of sulfone groups is 1. The number of rotatable bonds is 4. The van der Waals surface area contributed by atoms with Crippen LogP contribution in [0.2, 0.25) is 0 Å². The van der Waals surface area contributed by atoms with Gasteiger partial charge >= 0.3 is 0 Å². The summed E-state index contributed by atoms with van der Waals surface area (Å²) < 4.78 is 23.3. The Labute approximate surface area is 86.3 Å². The van der Waals surface area contributed by atoms with E-state index in [9.17, 15) is 13.5 Å². The Kier molecular flexibility index (Phi) is 3.63. The fourth-order valence-electron chi connectivity index (χ4n) is 0.940. The number of aliphatic hydroxyl groups excluding tert-OH is 1. The molecule has 0 aliphatic heterocycles. The molecule has 6 heteroatoms. The first-order valence-electron chi connectivity index (χ1n) is 3.87. The van der Waals surface area contributed by atoms with Gasteiger partial charge in [0.25, 0.3) is 0 Å². The normalized spacial score (nSPS) is 13.4. The smallest absolute Gasteiger partial charge is 0.190 e. The Morgan fingerprint density at radius 1 is 1.64 bits per heavy atom. The summed E-state index contributed by atoms with van der Waals surface area (Å²) >= 11 is 1.11. The van der Waals surface area contributed by atoms with Crippen molar-refractivity contribution in [1.29, 1.82) is 5.26 Å². The van der Waals surface area contributed by atoms with Crippen LogP contribution >= 0.6 is 11.3 Å². The van der Waals surface area contributed by atoms with Crippen molar-refractivity contribution in [3.8, 4) is 6.07 Å². The van der Waals surface area contributed by atoms with Crippen LogP contribution in [0.5, 0.6) is 0 Å². The lowest BCUT2D eigenvalue weighted by Crippen LogP contribution is -2.19. The first kappa shape index (κ1) is 11.2. The predicted octanol–water partition coefficient (Wildman–Crippen LogP) is 0.796. The summed E-state index contributed by atoms with van der Waals surface area (Å²) in [5.74, 6) is -0.388. The Bertz CT molecular complexity index is 416. The van der Waals surface area contributed by atoms with E-state index >= 15 is 0 Å². The van der Waals surface area contributed by atoms with Gasteiger partial charge in [0.05, 0.1) is 24.3 Å². The van der Waals surface area contributed by atoms with Crippen LogP contribution < -0.4 is 0 Å². The third-order valence-corrected chi connectivity index (χ3v) is 4.83. The zero-order valence-corrected chi connectivity index (χ0v) is 8.88. The van der Waals surface area contributed by atoms with Crippen LogP contribution in [0, 0.1) is 11.3 Å². The van der Waals surface area contributed by atoms with Gasteiger partial charge in [-0.1, -0.05) is 6.07 Å².